The quantitative estimate of drug-likeness (QED) is 0.0460. The van der Waals surface area contributed by atoms with E-state index < -0.39 is 0 Å². The summed E-state index contributed by atoms with van der Waals surface area (Å²) in [6, 6.07) is 0. The summed E-state index contributed by atoms with van der Waals surface area (Å²) in [6.07, 6.45) is 44.1. The zero-order valence-electron chi connectivity index (χ0n) is 38.5. The Balaban J connectivity index is 5.27. The van der Waals surface area contributed by atoms with Crippen LogP contribution in [0.4, 0.5) is 0 Å². The zero-order valence-corrected chi connectivity index (χ0v) is 38.5. The molecule has 1 unspecified atom stereocenters. The van der Waals surface area contributed by atoms with Crippen molar-refractivity contribution in [3.63, 3.8) is 0 Å². The Labute approximate surface area is 336 Å². The van der Waals surface area contributed by atoms with Crippen LogP contribution >= 0.6 is 0 Å². The van der Waals surface area contributed by atoms with Crippen molar-refractivity contribution in [2.75, 3.05) is 19.8 Å². The monoisotopic (exact) mass is 751 g/mol. The molecule has 0 saturated carbocycles. The van der Waals surface area contributed by atoms with Crippen LogP contribution in [0.3, 0.4) is 0 Å². The highest BCUT2D eigenvalue weighted by atomic mass is 16.7. The third-order valence-electron chi connectivity index (χ3n) is 11.4. The highest BCUT2D eigenvalue weighted by Crippen LogP contribution is 2.34. The summed E-state index contributed by atoms with van der Waals surface area (Å²) in [5.41, 5.74) is 0.626. The molecule has 0 aliphatic rings. The van der Waals surface area contributed by atoms with Crippen LogP contribution in [0.2, 0.25) is 0 Å². The first-order chi connectivity index (χ1) is 25.5. The summed E-state index contributed by atoms with van der Waals surface area (Å²) in [6.45, 7) is 23.6. The van der Waals surface area contributed by atoms with Gasteiger partial charge in [0.25, 0.3) is 0 Å². The maximum atomic E-state index is 7.09. The molecule has 0 amide bonds. The van der Waals surface area contributed by atoms with E-state index in [1.54, 1.807) is 0 Å². The standard InChI is InChI=1S/C50H102O3/c1-10-13-15-17-19-27-33-39-46-53-50(40-12-3,43-36-30-22-18-16-14-11-2)47(51-44-37-31-25-20-23-28-34-41-48(4,5)6)52-45-38-32-26-21-24-29-35-42-49(7,8)9/h47H,10-46H2,1-9H3. The fourth-order valence-corrected chi connectivity index (χ4v) is 7.90. The molecule has 53 heavy (non-hydrogen) atoms. The van der Waals surface area contributed by atoms with Gasteiger partial charge in [-0.25, -0.2) is 0 Å². The largest absolute Gasteiger partial charge is 0.370 e. The van der Waals surface area contributed by atoms with Gasteiger partial charge < -0.3 is 14.2 Å². The molecule has 0 heterocycles. The maximum absolute atomic E-state index is 7.09. The lowest BCUT2D eigenvalue weighted by Gasteiger charge is -2.40. The minimum absolute atomic E-state index is 0.244. The molecular formula is C50H102O3. The minimum Gasteiger partial charge on any atom is -0.370 e. The zero-order chi connectivity index (χ0) is 39.4. The van der Waals surface area contributed by atoms with E-state index in [1.807, 2.05) is 0 Å². The molecule has 320 valence electrons. The van der Waals surface area contributed by atoms with E-state index in [-0.39, 0.29) is 11.9 Å². The molecule has 0 aromatic rings. The molecule has 0 aliphatic heterocycles. The van der Waals surface area contributed by atoms with Crippen molar-refractivity contribution in [3.05, 3.63) is 0 Å². The second-order valence-electron chi connectivity index (χ2n) is 19.7. The van der Waals surface area contributed by atoms with Crippen LogP contribution in [0.1, 0.15) is 281 Å². The topological polar surface area (TPSA) is 27.7 Å². The van der Waals surface area contributed by atoms with Crippen molar-refractivity contribution < 1.29 is 14.2 Å². The van der Waals surface area contributed by atoms with Gasteiger partial charge in [0.15, 0.2) is 6.29 Å². The van der Waals surface area contributed by atoms with E-state index in [0.717, 1.165) is 58.3 Å². The van der Waals surface area contributed by atoms with E-state index in [2.05, 4.69) is 62.3 Å². The van der Waals surface area contributed by atoms with Gasteiger partial charge in [-0.1, -0.05) is 236 Å². The van der Waals surface area contributed by atoms with Crippen molar-refractivity contribution in [3.8, 4) is 0 Å². The van der Waals surface area contributed by atoms with Gasteiger partial charge in [-0.15, -0.1) is 0 Å². The van der Waals surface area contributed by atoms with Crippen LogP contribution in [-0.4, -0.2) is 31.7 Å². The Morgan fingerprint density at radius 3 is 0.943 bits per heavy atom. The lowest BCUT2D eigenvalue weighted by Crippen LogP contribution is -2.48. The van der Waals surface area contributed by atoms with Crippen molar-refractivity contribution in [1.82, 2.24) is 0 Å². The van der Waals surface area contributed by atoms with Crippen LogP contribution in [0, 0.1) is 10.8 Å². The van der Waals surface area contributed by atoms with E-state index in [1.165, 1.54) is 180 Å². The summed E-state index contributed by atoms with van der Waals surface area (Å²) in [5.74, 6) is 0. The number of hydrogen-bond donors (Lipinski definition) is 0. The molecular weight excluding hydrogens is 649 g/mol. The molecule has 0 radical (unpaired) electrons. The Morgan fingerprint density at radius 2 is 0.604 bits per heavy atom. The maximum Gasteiger partial charge on any atom is 0.186 e. The van der Waals surface area contributed by atoms with E-state index in [4.69, 9.17) is 14.2 Å². The minimum atomic E-state index is -0.320. The second kappa shape index (κ2) is 36.2. The van der Waals surface area contributed by atoms with E-state index >= 15 is 0 Å². The van der Waals surface area contributed by atoms with E-state index in [9.17, 15) is 0 Å². The third-order valence-corrected chi connectivity index (χ3v) is 11.4. The number of ether oxygens (including phenoxy) is 3. The SMILES string of the molecule is CCCCCCCCCCOC(CCC)(CCCCCCCCC)C(OCCCCCCCCCC(C)(C)C)OCCCCCCCCCC(C)(C)C. The molecule has 0 N–H and O–H groups in total. The van der Waals surface area contributed by atoms with Gasteiger partial charge in [0, 0.05) is 19.8 Å². The molecule has 0 bridgehead atoms. The summed E-state index contributed by atoms with van der Waals surface area (Å²) >= 11 is 0. The van der Waals surface area contributed by atoms with Crippen LogP contribution in [-0.2, 0) is 14.2 Å². The Hall–Kier alpha value is -0.120. The molecule has 0 saturated heterocycles. The molecule has 3 heteroatoms. The molecule has 0 fully saturated rings. The van der Waals surface area contributed by atoms with Gasteiger partial charge in [-0.2, -0.15) is 0 Å². The molecule has 3 nitrogen and oxygen atoms in total. The lowest BCUT2D eigenvalue weighted by molar-refractivity contribution is -0.261. The Bertz CT molecular complexity index is 687. The van der Waals surface area contributed by atoms with Gasteiger partial charge in [-0.3, -0.25) is 0 Å². The highest BCUT2D eigenvalue weighted by molar-refractivity contribution is 4.86. The summed E-state index contributed by atoms with van der Waals surface area (Å²) in [5, 5.41) is 0. The van der Waals surface area contributed by atoms with Crippen molar-refractivity contribution in [1.29, 1.82) is 0 Å². The number of hydrogen-bond acceptors (Lipinski definition) is 3. The smallest absolute Gasteiger partial charge is 0.186 e. The molecule has 0 aliphatic carbocycles. The normalized spacial score (nSPS) is 13.7. The lowest BCUT2D eigenvalue weighted by atomic mass is 9.89. The molecule has 0 aromatic carbocycles. The van der Waals surface area contributed by atoms with Gasteiger partial charge in [0.1, 0.15) is 5.60 Å². The van der Waals surface area contributed by atoms with Crippen molar-refractivity contribution in [2.45, 2.75) is 293 Å². The van der Waals surface area contributed by atoms with Crippen LogP contribution in [0.25, 0.3) is 0 Å². The Kier molecular flexibility index (Phi) is 36.2. The predicted octanol–water partition coefficient (Wildman–Crippen LogP) is 17.5. The molecule has 0 spiro atoms. The Morgan fingerprint density at radius 1 is 0.302 bits per heavy atom. The number of unbranched alkanes of at least 4 members (excludes halogenated alkanes) is 25. The van der Waals surface area contributed by atoms with Crippen molar-refractivity contribution >= 4 is 0 Å². The van der Waals surface area contributed by atoms with Crippen LogP contribution < -0.4 is 0 Å². The summed E-state index contributed by atoms with van der Waals surface area (Å²) in [7, 11) is 0. The van der Waals surface area contributed by atoms with Gasteiger partial charge in [0.2, 0.25) is 0 Å². The van der Waals surface area contributed by atoms with Crippen LogP contribution in [0.5, 0.6) is 0 Å². The average molecular weight is 751 g/mol. The predicted molar refractivity (Wildman–Crippen MR) is 237 cm³/mol. The first kappa shape index (κ1) is 52.9. The second-order valence-corrected chi connectivity index (χ2v) is 19.7. The van der Waals surface area contributed by atoms with Crippen molar-refractivity contribution in [2.24, 2.45) is 10.8 Å². The third kappa shape index (κ3) is 36.0. The highest BCUT2D eigenvalue weighted by Gasteiger charge is 2.40. The first-order valence-corrected chi connectivity index (χ1v) is 24.4. The first-order valence-electron chi connectivity index (χ1n) is 24.4. The summed E-state index contributed by atoms with van der Waals surface area (Å²) < 4.78 is 20.8. The fraction of sp³-hybridized carbons (Fsp3) is 1.00. The molecule has 0 aromatic heterocycles. The molecule has 1 atom stereocenters. The van der Waals surface area contributed by atoms with Crippen LogP contribution in [0.15, 0.2) is 0 Å². The number of rotatable bonds is 41. The summed E-state index contributed by atoms with van der Waals surface area (Å²) in [4.78, 5) is 0. The van der Waals surface area contributed by atoms with Gasteiger partial charge in [0.05, 0.1) is 0 Å². The molecule has 0 rings (SSSR count). The van der Waals surface area contributed by atoms with Gasteiger partial charge in [-0.05, 0) is 55.8 Å². The fourth-order valence-electron chi connectivity index (χ4n) is 7.90. The van der Waals surface area contributed by atoms with E-state index in [0.29, 0.717) is 10.8 Å². The average Bonchev–Trinajstić information content (AvgIpc) is 3.10. The van der Waals surface area contributed by atoms with Gasteiger partial charge >= 0.3 is 0 Å².